The number of aromatic nitrogens is 3. The fraction of sp³-hybridized carbons (Fsp3) is 0.250. The Kier molecular flexibility index (Phi) is 1.18. The van der Waals surface area contributed by atoms with Crippen LogP contribution in [0.1, 0.15) is 5.56 Å². The Balaban J connectivity index is 2.94. The first kappa shape index (κ1) is 6.34. The fourth-order valence-electron chi connectivity index (χ4n) is 1.19. The van der Waals surface area contributed by atoms with Gasteiger partial charge in [-0.2, -0.15) is 0 Å². The van der Waals surface area contributed by atoms with Crippen molar-refractivity contribution in [2.75, 3.05) is 0 Å². The molecule has 0 radical (unpaired) electrons. The quantitative estimate of drug-likeness (QED) is 0.562. The number of benzene rings is 1. The van der Waals surface area contributed by atoms with Crippen molar-refractivity contribution in [1.82, 2.24) is 15.0 Å². The molecule has 0 atom stereocenters. The molecule has 0 aliphatic carbocycles. The molecule has 2 aromatic rings. The van der Waals surface area contributed by atoms with Crippen LogP contribution < -0.4 is 0 Å². The zero-order valence-electron chi connectivity index (χ0n) is 6.57. The van der Waals surface area contributed by atoms with Crippen molar-refractivity contribution in [3.8, 4) is 0 Å². The van der Waals surface area contributed by atoms with E-state index in [1.54, 1.807) is 4.68 Å². The maximum Gasteiger partial charge on any atom is 0.116 e. The maximum absolute atomic E-state index is 4.03. The second kappa shape index (κ2) is 2.05. The van der Waals surface area contributed by atoms with E-state index < -0.39 is 0 Å². The third-order valence-electron chi connectivity index (χ3n) is 1.84. The van der Waals surface area contributed by atoms with E-state index in [0.717, 1.165) is 11.0 Å². The van der Waals surface area contributed by atoms with Crippen LogP contribution in [-0.4, -0.2) is 15.0 Å². The smallest absolute Gasteiger partial charge is 0.116 e. The molecule has 0 spiro atoms. The van der Waals surface area contributed by atoms with E-state index in [-0.39, 0.29) is 0 Å². The summed E-state index contributed by atoms with van der Waals surface area (Å²) >= 11 is 0. The van der Waals surface area contributed by atoms with E-state index in [0.29, 0.717) is 0 Å². The van der Waals surface area contributed by atoms with Gasteiger partial charge in [-0.15, -0.1) is 5.10 Å². The highest BCUT2D eigenvalue weighted by molar-refractivity contribution is 5.77. The lowest BCUT2D eigenvalue weighted by Crippen LogP contribution is -1.88. The summed E-state index contributed by atoms with van der Waals surface area (Å²) in [5.41, 5.74) is 3.26. The van der Waals surface area contributed by atoms with Crippen molar-refractivity contribution in [1.29, 1.82) is 0 Å². The molecule has 0 unspecified atom stereocenters. The molecule has 0 aliphatic heterocycles. The van der Waals surface area contributed by atoms with E-state index in [4.69, 9.17) is 0 Å². The summed E-state index contributed by atoms with van der Waals surface area (Å²) in [6.45, 7) is 2.04. The van der Waals surface area contributed by atoms with Crippen LogP contribution in [0.15, 0.2) is 18.2 Å². The molecule has 0 amide bonds. The predicted octanol–water partition coefficient (Wildman–Crippen LogP) is 1.28. The molecule has 3 nitrogen and oxygen atoms in total. The zero-order chi connectivity index (χ0) is 7.84. The summed E-state index contributed by atoms with van der Waals surface area (Å²) in [5.74, 6) is 0. The zero-order valence-corrected chi connectivity index (χ0v) is 6.57. The van der Waals surface area contributed by atoms with Crippen LogP contribution >= 0.6 is 0 Å². The predicted molar refractivity (Wildman–Crippen MR) is 43.2 cm³/mol. The molecule has 1 aromatic heterocycles. The molecule has 0 saturated heterocycles. The summed E-state index contributed by atoms with van der Waals surface area (Å²) in [6, 6.07) is 6.07. The molecule has 0 aliphatic rings. The second-order valence-corrected chi connectivity index (χ2v) is 2.66. The summed E-state index contributed by atoms with van der Waals surface area (Å²) in [7, 11) is 1.90. The highest BCUT2D eigenvalue weighted by atomic mass is 15.4. The van der Waals surface area contributed by atoms with Crippen molar-refractivity contribution in [2.24, 2.45) is 7.05 Å². The molecule has 0 N–H and O–H groups in total. The van der Waals surface area contributed by atoms with Gasteiger partial charge >= 0.3 is 0 Å². The van der Waals surface area contributed by atoms with E-state index in [1.165, 1.54) is 5.56 Å². The number of nitrogens with zero attached hydrogens (tertiary/aromatic N) is 3. The minimum atomic E-state index is 0.995. The van der Waals surface area contributed by atoms with Crippen LogP contribution in [-0.2, 0) is 7.05 Å². The van der Waals surface area contributed by atoms with E-state index in [9.17, 15) is 0 Å². The molecule has 56 valence electrons. The Labute approximate surface area is 64.6 Å². The first-order valence-electron chi connectivity index (χ1n) is 3.54. The van der Waals surface area contributed by atoms with E-state index >= 15 is 0 Å². The Morgan fingerprint density at radius 1 is 1.36 bits per heavy atom. The summed E-state index contributed by atoms with van der Waals surface area (Å²) in [6.07, 6.45) is 0. The molecule has 0 bridgehead atoms. The van der Waals surface area contributed by atoms with Crippen LogP contribution in [0, 0.1) is 6.92 Å². The first-order valence-corrected chi connectivity index (χ1v) is 3.54. The molecule has 0 fully saturated rings. The molecule has 11 heavy (non-hydrogen) atoms. The van der Waals surface area contributed by atoms with Crippen molar-refractivity contribution in [3.63, 3.8) is 0 Å². The van der Waals surface area contributed by atoms with Crippen molar-refractivity contribution >= 4 is 11.0 Å². The molecular weight excluding hydrogens is 138 g/mol. The second-order valence-electron chi connectivity index (χ2n) is 2.66. The summed E-state index contributed by atoms with van der Waals surface area (Å²) < 4.78 is 1.78. The van der Waals surface area contributed by atoms with Gasteiger partial charge in [0, 0.05) is 7.05 Å². The number of hydrogen-bond donors (Lipinski definition) is 0. The Morgan fingerprint density at radius 3 is 2.91 bits per heavy atom. The average molecular weight is 147 g/mol. The standard InChI is InChI=1S/C8H9N3/c1-6-4-3-5-7-8(6)9-10-11(7)2/h3-5H,1-2H3. The van der Waals surface area contributed by atoms with Gasteiger partial charge in [-0.3, -0.25) is 0 Å². The first-order chi connectivity index (χ1) is 5.29. The molecule has 1 aromatic carbocycles. The minimum absolute atomic E-state index is 0.995. The van der Waals surface area contributed by atoms with E-state index in [2.05, 4.69) is 10.3 Å². The third-order valence-corrected chi connectivity index (χ3v) is 1.84. The van der Waals surface area contributed by atoms with Gasteiger partial charge in [-0.05, 0) is 18.6 Å². The number of aryl methyl sites for hydroxylation is 2. The monoisotopic (exact) mass is 147 g/mol. The van der Waals surface area contributed by atoms with Gasteiger partial charge in [0.15, 0.2) is 0 Å². The summed E-state index contributed by atoms with van der Waals surface area (Å²) in [5, 5.41) is 7.95. The van der Waals surface area contributed by atoms with Gasteiger partial charge in [0.1, 0.15) is 5.52 Å². The number of rotatable bonds is 0. The van der Waals surface area contributed by atoms with Gasteiger partial charge in [0.25, 0.3) is 0 Å². The lowest BCUT2D eigenvalue weighted by atomic mass is 10.2. The normalized spacial score (nSPS) is 10.7. The molecular formula is C8H9N3. The molecule has 1 heterocycles. The molecule has 0 saturated carbocycles. The number of fused-ring (bicyclic) bond motifs is 1. The maximum atomic E-state index is 4.03. The highest BCUT2D eigenvalue weighted by Crippen LogP contribution is 2.13. The third kappa shape index (κ3) is 0.808. The van der Waals surface area contributed by atoms with E-state index in [1.807, 2.05) is 32.2 Å². The largest absolute Gasteiger partial charge is 0.248 e. The molecule has 3 heteroatoms. The van der Waals surface area contributed by atoms with Crippen LogP contribution in [0.2, 0.25) is 0 Å². The Morgan fingerprint density at radius 2 is 2.18 bits per heavy atom. The SMILES string of the molecule is Cc1cccc2c1nnn2C. The molecule has 2 rings (SSSR count). The van der Waals surface area contributed by atoms with Crippen molar-refractivity contribution in [3.05, 3.63) is 23.8 Å². The fourth-order valence-corrected chi connectivity index (χ4v) is 1.19. The average Bonchev–Trinajstić information content (AvgIpc) is 2.35. The van der Waals surface area contributed by atoms with Gasteiger partial charge in [0.05, 0.1) is 5.52 Å². The van der Waals surface area contributed by atoms with Crippen LogP contribution in [0.25, 0.3) is 11.0 Å². The van der Waals surface area contributed by atoms with Gasteiger partial charge in [-0.1, -0.05) is 17.3 Å². The lowest BCUT2D eigenvalue weighted by molar-refractivity contribution is 0.736. The summed E-state index contributed by atoms with van der Waals surface area (Å²) in [4.78, 5) is 0. The highest BCUT2D eigenvalue weighted by Gasteiger charge is 2.01. The van der Waals surface area contributed by atoms with Crippen LogP contribution in [0.5, 0.6) is 0 Å². The lowest BCUT2D eigenvalue weighted by Gasteiger charge is -1.92. The van der Waals surface area contributed by atoms with Gasteiger partial charge in [0.2, 0.25) is 0 Å². The van der Waals surface area contributed by atoms with Crippen molar-refractivity contribution in [2.45, 2.75) is 6.92 Å². The topological polar surface area (TPSA) is 30.7 Å². The minimum Gasteiger partial charge on any atom is -0.248 e. The van der Waals surface area contributed by atoms with Crippen LogP contribution in [0.3, 0.4) is 0 Å². The van der Waals surface area contributed by atoms with Gasteiger partial charge < -0.3 is 0 Å². The number of hydrogen-bond acceptors (Lipinski definition) is 2. The van der Waals surface area contributed by atoms with Gasteiger partial charge in [-0.25, -0.2) is 4.68 Å². The van der Waals surface area contributed by atoms with Crippen LogP contribution in [0.4, 0.5) is 0 Å². The Bertz CT molecular complexity index is 389. The van der Waals surface area contributed by atoms with Crippen molar-refractivity contribution < 1.29 is 0 Å². The Hall–Kier alpha value is -1.38.